The Bertz CT molecular complexity index is 639. The second kappa shape index (κ2) is 7.34. The first-order valence-corrected chi connectivity index (χ1v) is 7.16. The van der Waals surface area contributed by atoms with Crippen LogP contribution in [0.2, 0.25) is 10.0 Å². The number of nitrogens with zero attached hydrogens (tertiary/aromatic N) is 1. The van der Waals surface area contributed by atoms with Crippen molar-refractivity contribution in [2.45, 2.75) is 6.42 Å². The molecule has 0 aromatic heterocycles. The Morgan fingerprint density at radius 3 is 2.57 bits per heavy atom. The highest BCUT2D eigenvalue weighted by molar-refractivity contribution is 6.36. The lowest BCUT2D eigenvalue weighted by molar-refractivity contribution is 0.414. The van der Waals surface area contributed by atoms with E-state index < -0.39 is 0 Å². The number of rotatable bonds is 5. The van der Waals surface area contributed by atoms with Gasteiger partial charge in [0.2, 0.25) is 0 Å². The van der Waals surface area contributed by atoms with E-state index in [9.17, 15) is 5.11 Å². The van der Waals surface area contributed by atoms with Crippen molar-refractivity contribution in [3.05, 3.63) is 57.6 Å². The molecule has 0 aliphatic heterocycles. The second-order valence-electron chi connectivity index (χ2n) is 4.46. The topological polar surface area (TPSA) is 41.8 Å². The quantitative estimate of drug-likeness (QED) is 0.830. The van der Waals surface area contributed by atoms with E-state index in [4.69, 9.17) is 27.9 Å². The summed E-state index contributed by atoms with van der Waals surface area (Å²) in [6.07, 6.45) is 2.38. The van der Waals surface area contributed by atoms with Crippen LogP contribution in [-0.2, 0) is 6.42 Å². The third kappa shape index (κ3) is 4.38. The molecule has 0 unspecified atom stereocenters. The Hall–Kier alpha value is -1.71. The average molecular weight is 324 g/mol. The van der Waals surface area contributed by atoms with Gasteiger partial charge >= 0.3 is 0 Å². The molecule has 0 aliphatic carbocycles. The predicted octanol–water partition coefficient (Wildman–Crippen LogP) is 4.37. The lowest BCUT2D eigenvalue weighted by Crippen LogP contribution is -1.92. The Labute approximate surface area is 133 Å². The van der Waals surface area contributed by atoms with Crippen LogP contribution in [-0.4, -0.2) is 25.0 Å². The fourth-order valence-corrected chi connectivity index (χ4v) is 2.34. The van der Waals surface area contributed by atoms with Gasteiger partial charge in [-0.25, -0.2) is 0 Å². The van der Waals surface area contributed by atoms with E-state index in [1.807, 2.05) is 24.3 Å². The largest absolute Gasteiger partial charge is 0.506 e. The molecule has 2 aromatic rings. The maximum absolute atomic E-state index is 9.80. The van der Waals surface area contributed by atoms with Gasteiger partial charge in [-0.2, -0.15) is 0 Å². The normalized spacial score (nSPS) is 11.0. The number of methoxy groups -OCH3 is 1. The summed E-state index contributed by atoms with van der Waals surface area (Å²) in [7, 11) is 1.64. The van der Waals surface area contributed by atoms with Crippen LogP contribution in [0.3, 0.4) is 0 Å². The Kier molecular flexibility index (Phi) is 5.48. The third-order valence-electron chi connectivity index (χ3n) is 2.98. The molecule has 5 heteroatoms. The Morgan fingerprint density at radius 2 is 1.90 bits per heavy atom. The zero-order valence-electron chi connectivity index (χ0n) is 11.5. The van der Waals surface area contributed by atoms with Crippen LogP contribution in [0.1, 0.15) is 11.1 Å². The first-order valence-electron chi connectivity index (χ1n) is 6.41. The molecular formula is C16H15Cl2NO2. The predicted molar refractivity (Wildman–Crippen MR) is 87.3 cm³/mol. The summed E-state index contributed by atoms with van der Waals surface area (Å²) >= 11 is 11.7. The minimum Gasteiger partial charge on any atom is -0.506 e. The van der Waals surface area contributed by atoms with Gasteiger partial charge in [0.05, 0.1) is 12.1 Å². The summed E-state index contributed by atoms with van der Waals surface area (Å²) in [5.74, 6) is 0.829. The van der Waals surface area contributed by atoms with E-state index in [1.54, 1.807) is 19.4 Å². The monoisotopic (exact) mass is 323 g/mol. The number of phenols is 1. The molecule has 110 valence electrons. The zero-order valence-corrected chi connectivity index (χ0v) is 13.0. The summed E-state index contributed by atoms with van der Waals surface area (Å²) in [5.41, 5.74) is 1.68. The van der Waals surface area contributed by atoms with Crippen LogP contribution < -0.4 is 4.74 Å². The summed E-state index contributed by atoms with van der Waals surface area (Å²) in [4.78, 5) is 4.29. The van der Waals surface area contributed by atoms with E-state index in [2.05, 4.69) is 4.99 Å². The van der Waals surface area contributed by atoms with Gasteiger partial charge < -0.3 is 9.84 Å². The van der Waals surface area contributed by atoms with Crippen molar-refractivity contribution in [3.63, 3.8) is 0 Å². The standard InChI is InChI=1S/C16H15Cl2NO2/c1-21-14-4-2-11(3-5-14)6-7-19-10-12-8-13(17)9-15(18)16(12)20/h2-5,8-10,20H,6-7H2,1H3. The number of ether oxygens (including phenoxy) is 1. The summed E-state index contributed by atoms with van der Waals surface area (Å²) in [6, 6.07) is 11.0. The van der Waals surface area contributed by atoms with E-state index in [-0.39, 0.29) is 10.8 Å². The average Bonchev–Trinajstić information content (AvgIpc) is 2.49. The van der Waals surface area contributed by atoms with Gasteiger partial charge in [-0.1, -0.05) is 35.3 Å². The van der Waals surface area contributed by atoms with Gasteiger partial charge in [0.15, 0.2) is 0 Å². The molecule has 0 spiro atoms. The second-order valence-corrected chi connectivity index (χ2v) is 5.30. The highest BCUT2D eigenvalue weighted by Crippen LogP contribution is 2.29. The molecule has 0 heterocycles. The number of hydrogen-bond donors (Lipinski definition) is 1. The minimum atomic E-state index is -0.00531. The van der Waals surface area contributed by atoms with Crippen molar-refractivity contribution in [1.82, 2.24) is 0 Å². The number of hydrogen-bond acceptors (Lipinski definition) is 3. The van der Waals surface area contributed by atoms with Crippen molar-refractivity contribution in [3.8, 4) is 11.5 Å². The molecule has 0 amide bonds. The fraction of sp³-hybridized carbons (Fsp3) is 0.188. The lowest BCUT2D eigenvalue weighted by atomic mass is 10.1. The van der Waals surface area contributed by atoms with Crippen LogP contribution in [0.5, 0.6) is 11.5 Å². The molecular weight excluding hydrogens is 309 g/mol. The molecule has 3 nitrogen and oxygen atoms in total. The minimum absolute atomic E-state index is 0.00531. The molecule has 0 bridgehead atoms. The molecule has 21 heavy (non-hydrogen) atoms. The van der Waals surface area contributed by atoms with Gasteiger partial charge in [0, 0.05) is 23.3 Å². The van der Waals surface area contributed by atoms with Crippen molar-refractivity contribution in [1.29, 1.82) is 0 Å². The van der Waals surface area contributed by atoms with Crippen molar-refractivity contribution < 1.29 is 9.84 Å². The van der Waals surface area contributed by atoms with Crippen molar-refractivity contribution in [2.24, 2.45) is 4.99 Å². The first-order chi connectivity index (χ1) is 10.1. The summed E-state index contributed by atoms with van der Waals surface area (Å²) in [6.45, 7) is 0.607. The van der Waals surface area contributed by atoms with Gasteiger partial charge in [-0.15, -0.1) is 0 Å². The van der Waals surface area contributed by atoms with Crippen LogP contribution in [0.25, 0.3) is 0 Å². The third-order valence-corrected chi connectivity index (χ3v) is 3.48. The van der Waals surface area contributed by atoms with Crippen LogP contribution >= 0.6 is 23.2 Å². The molecule has 0 aliphatic rings. The van der Waals surface area contributed by atoms with Crippen LogP contribution in [0, 0.1) is 0 Å². The van der Waals surface area contributed by atoms with E-state index in [0.717, 1.165) is 12.2 Å². The Morgan fingerprint density at radius 1 is 1.19 bits per heavy atom. The smallest absolute Gasteiger partial charge is 0.143 e. The number of phenolic OH excluding ortho intramolecular Hbond substituents is 1. The van der Waals surface area contributed by atoms with Gasteiger partial charge in [0.25, 0.3) is 0 Å². The number of aliphatic imine (C=N–C) groups is 1. The van der Waals surface area contributed by atoms with E-state index >= 15 is 0 Å². The highest BCUT2D eigenvalue weighted by atomic mass is 35.5. The van der Waals surface area contributed by atoms with E-state index in [0.29, 0.717) is 17.1 Å². The molecule has 0 saturated carbocycles. The molecule has 0 atom stereocenters. The Balaban J connectivity index is 1.96. The summed E-state index contributed by atoms with van der Waals surface area (Å²) < 4.78 is 5.11. The van der Waals surface area contributed by atoms with Crippen LogP contribution in [0.15, 0.2) is 41.4 Å². The van der Waals surface area contributed by atoms with Gasteiger partial charge in [-0.05, 0) is 36.2 Å². The molecule has 2 aromatic carbocycles. The van der Waals surface area contributed by atoms with Gasteiger partial charge in [-0.3, -0.25) is 4.99 Å². The van der Waals surface area contributed by atoms with E-state index in [1.165, 1.54) is 11.6 Å². The zero-order chi connectivity index (χ0) is 15.2. The SMILES string of the molecule is COc1ccc(CCN=Cc2cc(Cl)cc(Cl)c2O)cc1. The molecule has 2 rings (SSSR count). The number of halogens is 2. The maximum atomic E-state index is 9.80. The molecule has 1 N–H and O–H groups in total. The van der Waals surface area contributed by atoms with Gasteiger partial charge in [0.1, 0.15) is 11.5 Å². The maximum Gasteiger partial charge on any atom is 0.143 e. The number of aromatic hydroxyl groups is 1. The summed E-state index contributed by atoms with van der Waals surface area (Å²) in [5, 5.41) is 10.5. The van der Waals surface area contributed by atoms with Crippen molar-refractivity contribution >= 4 is 29.4 Å². The lowest BCUT2D eigenvalue weighted by Gasteiger charge is -2.03. The molecule has 0 fully saturated rings. The highest BCUT2D eigenvalue weighted by Gasteiger charge is 2.05. The first kappa shape index (κ1) is 15.7. The fourth-order valence-electron chi connectivity index (χ4n) is 1.83. The van der Waals surface area contributed by atoms with Crippen LogP contribution in [0.4, 0.5) is 0 Å². The molecule has 0 radical (unpaired) electrons. The van der Waals surface area contributed by atoms with Crippen molar-refractivity contribution in [2.75, 3.05) is 13.7 Å². The number of benzene rings is 2. The molecule has 0 saturated heterocycles.